The summed E-state index contributed by atoms with van der Waals surface area (Å²) in [6.07, 6.45) is 18.7. The molecule has 1 N–H and O–H groups in total. The maximum atomic E-state index is 10.7. The molecule has 200 valence electrons. The first kappa shape index (κ1) is 33.2. The van der Waals surface area contributed by atoms with Crippen molar-refractivity contribution in [2.45, 2.75) is 130 Å². The third-order valence-electron chi connectivity index (χ3n) is 8.76. The normalized spacial score (nSPS) is 26.7. The number of halogens is 1. The van der Waals surface area contributed by atoms with Gasteiger partial charge in [-0.1, -0.05) is 85.5 Å². The van der Waals surface area contributed by atoms with Crippen LogP contribution in [-0.2, 0) is 4.74 Å². The van der Waals surface area contributed by atoms with E-state index in [1.807, 2.05) is 7.11 Å². The first-order valence-electron chi connectivity index (χ1n) is 14.2. The molecule has 1 aliphatic rings. The van der Waals surface area contributed by atoms with Crippen molar-refractivity contribution in [3.8, 4) is 0 Å². The lowest BCUT2D eigenvalue weighted by atomic mass is 9.66. The first-order chi connectivity index (χ1) is 15.2. The van der Waals surface area contributed by atoms with E-state index in [0.717, 1.165) is 41.6 Å². The Morgan fingerprint density at radius 2 is 1.36 bits per heavy atom. The molecule has 0 spiro atoms. The number of aliphatic hydroxyl groups is 1. The Morgan fingerprint density at radius 1 is 0.818 bits per heavy atom. The number of likely N-dealkylation sites (N-methyl/N-ethyl adjacent to an activating group) is 1. The lowest BCUT2D eigenvalue weighted by Gasteiger charge is -2.43. The summed E-state index contributed by atoms with van der Waals surface area (Å²) in [5.41, 5.74) is 0. The minimum Gasteiger partial charge on any atom is -1.00 e. The van der Waals surface area contributed by atoms with Gasteiger partial charge in [0, 0.05) is 7.11 Å². The number of aliphatic hydroxyl groups excluding tert-OH is 1. The lowest BCUT2D eigenvalue weighted by molar-refractivity contribution is -0.893. The van der Waals surface area contributed by atoms with Gasteiger partial charge in [0.1, 0.15) is 12.6 Å². The lowest BCUT2D eigenvalue weighted by Crippen LogP contribution is -3.00. The molecule has 0 aromatic heterocycles. The van der Waals surface area contributed by atoms with Gasteiger partial charge in [0.25, 0.3) is 0 Å². The van der Waals surface area contributed by atoms with Crippen LogP contribution in [0.25, 0.3) is 0 Å². The number of nitrogens with zero attached hydrogens (tertiary/aromatic N) is 1. The molecule has 0 radical (unpaired) electrons. The number of quaternary nitrogens is 1. The van der Waals surface area contributed by atoms with E-state index in [4.69, 9.17) is 4.74 Å². The van der Waals surface area contributed by atoms with Gasteiger partial charge in [-0.2, -0.15) is 0 Å². The molecule has 0 bridgehead atoms. The summed E-state index contributed by atoms with van der Waals surface area (Å²) in [5, 5.41) is 10.7. The molecular formula is C29H60ClNO2. The van der Waals surface area contributed by atoms with E-state index in [1.54, 1.807) is 0 Å². The monoisotopic (exact) mass is 489 g/mol. The van der Waals surface area contributed by atoms with Crippen LogP contribution >= 0.6 is 0 Å². The summed E-state index contributed by atoms with van der Waals surface area (Å²) in [6, 6.07) is 0. The van der Waals surface area contributed by atoms with Gasteiger partial charge in [-0.25, -0.2) is 0 Å². The molecule has 0 heterocycles. The van der Waals surface area contributed by atoms with Crippen molar-refractivity contribution < 1.29 is 26.7 Å². The quantitative estimate of drug-likeness (QED) is 0.227. The van der Waals surface area contributed by atoms with Crippen LogP contribution in [0.5, 0.6) is 0 Å². The number of methoxy groups -OCH3 is 1. The van der Waals surface area contributed by atoms with Crippen molar-refractivity contribution in [2.75, 3.05) is 34.3 Å². The van der Waals surface area contributed by atoms with Crippen LogP contribution in [0, 0.1) is 23.7 Å². The highest BCUT2D eigenvalue weighted by molar-refractivity contribution is 4.87. The van der Waals surface area contributed by atoms with Crippen LogP contribution in [0.1, 0.15) is 118 Å². The molecule has 1 saturated carbocycles. The first-order valence-corrected chi connectivity index (χ1v) is 14.2. The fourth-order valence-electron chi connectivity index (χ4n) is 6.06. The number of unbranched alkanes of at least 4 members (excludes halogenated alkanes) is 9. The zero-order valence-electron chi connectivity index (χ0n) is 23.5. The molecule has 1 aliphatic carbocycles. The zero-order valence-corrected chi connectivity index (χ0v) is 24.2. The van der Waals surface area contributed by atoms with Gasteiger partial charge >= 0.3 is 0 Å². The van der Waals surface area contributed by atoms with Crippen molar-refractivity contribution in [2.24, 2.45) is 23.7 Å². The van der Waals surface area contributed by atoms with Crippen LogP contribution in [0.15, 0.2) is 0 Å². The van der Waals surface area contributed by atoms with Crippen LogP contribution in [-0.4, -0.2) is 56.1 Å². The fraction of sp³-hybridized carbons (Fsp3) is 1.00. The van der Waals surface area contributed by atoms with E-state index in [-0.39, 0.29) is 18.5 Å². The smallest absolute Gasteiger partial charge is 0.105 e. The Bertz CT molecular complexity index is 457. The van der Waals surface area contributed by atoms with Gasteiger partial charge < -0.3 is 26.7 Å². The minimum atomic E-state index is -0.165. The Hall–Kier alpha value is 0.170. The summed E-state index contributed by atoms with van der Waals surface area (Å²) < 4.78 is 6.74. The Morgan fingerprint density at radius 3 is 1.91 bits per heavy atom. The zero-order chi connectivity index (χ0) is 24.0. The van der Waals surface area contributed by atoms with E-state index in [1.165, 1.54) is 83.6 Å². The second-order valence-corrected chi connectivity index (χ2v) is 12.0. The SMILES string of the molecule is CCCCCCCCCCCC[N+](C)(C)CC(O)CCCC1CC(OC)C(C)C(C)C1C.[Cl-]. The van der Waals surface area contributed by atoms with Crippen molar-refractivity contribution in [3.63, 3.8) is 0 Å². The average molecular weight is 490 g/mol. The molecule has 4 heteroatoms. The van der Waals surface area contributed by atoms with E-state index >= 15 is 0 Å². The van der Waals surface area contributed by atoms with Crippen molar-refractivity contribution in [1.29, 1.82) is 0 Å². The summed E-state index contributed by atoms with van der Waals surface area (Å²) in [7, 11) is 6.47. The molecule has 0 saturated heterocycles. The van der Waals surface area contributed by atoms with Gasteiger partial charge in [-0.15, -0.1) is 0 Å². The molecule has 0 amide bonds. The molecule has 6 unspecified atom stereocenters. The molecule has 0 aromatic carbocycles. The van der Waals surface area contributed by atoms with Crippen LogP contribution in [0.4, 0.5) is 0 Å². The molecule has 1 rings (SSSR count). The van der Waals surface area contributed by atoms with Crippen molar-refractivity contribution >= 4 is 0 Å². The highest BCUT2D eigenvalue weighted by Crippen LogP contribution is 2.41. The topological polar surface area (TPSA) is 29.5 Å². The molecule has 33 heavy (non-hydrogen) atoms. The van der Waals surface area contributed by atoms with E-state index in [0.29, 0.717) is 12.0 Å². The third-order valence-corrected chi connectivity index (χ3v) is 8.76. The van der Waals surface area contributed by atoms with E-state index in [2.05, 4.69) is 41.8 Å². The second-order valence-electron chi connectivity index (χ2n) is 12.0. The van der Waals surface area contributed by atoms with Gasteiger partial charge in [-0.05, 0) is 55.8 Å². The Balaban J connectivity index is 0.0000102. The molecule has 0 aromatic rings. The highest BCUT2D eigenvalue weighted by Gasteiger charge is 2.37. The number of ether oxygens (including phenoxy) is 1. The van der Waals surface area contributed by atoms with Gasteiger partial charge in [0.15, 0.2) is 0 Å². The summed E-state index contributed by atoms with van der Waals surface area (Å²) >= 11 is 0. The van der Waals surface area contributed by atoms with Gasteiger partial charge in [0.2, 0.25) is 0 Å². The molecule has 6 atom stereocenters. The average Bonchev–Trinajstić information content (AvgIpc) is 2.74. The van der Waals surface area contributed by atoms with Crippen molar-refractivity contribution in [3.05, 3.63) is 0 Å². The fourth-order valence-corrected chi connectivity index (χ4v) is 6.06. The largest absolute Gasteiger partial charge is 1.00 e. The minimum absolute atomic E-state index is 0. The van der Waals surface area contributed by atoms with Gasteiger partial charge in [0.05, 0.1) is 26.7 Å². The summed E-state index contributed by atoms with van der Waals surface area (Å²) in [5.74, 6) is 2.88. The van der Waals surface area contributed by atoms with E-state index < -0.39 is 0 Å². The number of hydrogen-bond donors (Lipinski definition) is 1. The van der Waals surface area contributed by atoms with E-state index in [9.17, 15) is 5.11 Å². The maximum Gasteiger partial charge on any atom is 0.105 e. The van der Waals surface area contributed by atoms with Crippen LogP contribution < -0.4 is 12.4 Å². The van der Waals surface area contributed by atoms with Crippen molar-refractivity contribution in [1.82, 2.24) is 0 Å². The van der Waals surface area contributed by atoms with Crippen LogP contribution in [0.3, 0.4) is 0 Å². The number of hydrogen-bond acceptors (Lipinski definition) is 2. The Kier molecular flexibility index (Phi) is 18.5. The number of rotatable bonds is 18. The molecule has 0 aliphatic heterocycles. The predicted octanol–water partition coefficient (Wildman–Crippen LogP) is 4.46. The predicted molar refractivity (Wildman–Crippen MR) is 140 cm³/mol. The highest BCUT2D eigenvalue weighted by atomic mass is 35.5. The molecule has 1 fully saturated rings. The second kappa shape index (κ2) is 18.4. The summed E-state index contributed by atoms with van der Waals surface area (Å²) in [4.78, 5) is 0. The Labute approximate surface area is 214 Å². The summed E-state index contributed by atoms with van der Waals surface area (Å²) in [6.45, 7) is 11.6. The van der Waals surface area contributed by atoms with Crippen LogP contribution in [0.2, 0.25) is 0 Å². The standard InChI is InChI=1S/C29H60NO2.ClH/c1-8-9-10-11-12-13-14-15-16-17-21-30(5,6)23-28(31)20-18-19-27-22-29(32-7)26(4)24(2)25(27)3;/h24-29,31H,8-23H2,1-7H3;1H/q+1;/p-1. The third kappa shape index (κ3) is 13.7. The maximum absolute atomic E-state index is 10.7. The van der Waals surface area contributed by atoms with Gasteiger partial charge in [-0.3, -0.25) is 0 Å². The molecule has 3 nitrogen and oxygen atoms in total. The molecular weight excluding hydrogens is 430 g/mol.